The number of carboxylic acid groups (broad SMARTS) is 1. The molecule has 3 N–H and O–H groups in total. The highest BCUT2D eigenvalue weighted by molar-refractivity contribution is 7.89. The van der Waals surface area contributed by atoms with Crippen molar-refractivity contribution in [3.05, 3.63) is 47.5 Å². The Morgan fingerprint density at radius 2 is 1.82 bits per heavy atom. The van der Waals surface area contributed by atoms with Crippen molar-refractivity contribution < 1.29 is 23.1 Å². The molecule has 7 nitrogen and oxygen atoms in total. The number of hydrogen-bond donors (Lipinski definition) is 2. The Morgan fingerprint density at radius 1 is 1.18 bits per heavy atom. The predicted molar refractivity (Wildman–Crippen MR) is 107 cm³/mol. The molecule has 0 amide bonds. The highest BCUT2D eigenvalue weighted by Crippen LogP contribution is 2.40. The molecule has 0 spiro atoms. The van der Waals surface area contributed by atoms with Gasteiger partial charge in [-0.05, 0) is 49.1 Å². The van der Waals surface area contributed by atoms with Gasteiger partial charge in [0.05, 0.1) is 11.3 Å². The number of benzene rings is 2. The van der Waals surface area contributed by atoms with E-state index < -0.39 is 16.0 Å². The third-order valence-corrected chi connectivity index (χ3v) is 5.63. The van der Waals surface area contributed by atoms with Gasteiger partial charge in [-0.1, -0.05) is 25.5 Å². The van der Waals surface area contributed by atoms with Crippen LogP contribution in [0, 0.1) is 0 Å². The number of rotatable bonds is 7. The van der Waals surface area contributed by atoms with Crippen LogP contribution in [-0.4, -0.2) is 32.6 Å². The molecule has 150 valence electrons. The molecule has 0 radical (unpaired) electrons. The van der Waals surface area contributed by atoms with Gasteiger partial charge in [-0.15, -0.1) is 0 Å². The Bertz CT molecular complexity index is 965. The number of aryl methyl sites for hydroxylation is 1. The Kier molecular flexibility index (Phi) is 5.90. The van der Waals surface area contributed by atoms with E-state index in [0.29, 0.717) is 24.5 Å². The van der Waals surface area contributed by atoms with Gasteiger partial charge in [-0.2, -0.15) is 0 Å². The summed E-state index contributed by atoms with van der Waals surface area (Å²) in [6.45, 7) is 3.48. The van der Waals surface area contributed by atoms with Crippen LogP contribution in [0.1, 0.15) is 42.1 Å². The topological polar surface area (TPSA) is 110 Å². The number of ether oxygens (including phenoxy) is 1. The maximum Gasteiger partial charge on any atom is 0.335 e. The molecule has 2 aromatic rings. The average Bonchev–Trinajstić information content (AvgIpc) is 3.17. The summed E-state index contributed by atoms with van der Waals surface area (Å²) in [6, 6.07) is 9.90. The summed E-state index contributed by atoms with van der Waals surface area (Å²) in [5.74, 6) is -0.688. The zero-order chi connectivity index (χ0) is 20.3. The van der Waals surface area contributed by atoms with Gasteiger partial charge in [0, 0.05) is 13.1 Å². The molecule has 0 aliphatic carbocycles. The summed E-state index contributed by atoms with van der Waals surface area (Å²) >= 11 is 0. The first kappa shape index (κ1) is 20.2. The molecular weight excluding hydrogens is 380 g/mol. The number of carbonyl (C=O) groups is 1. The number of anilines is 1. The van der Waals surface area contributed by atoms with Crippen LogP contribution in [0.4, 0.5) is 5.69 Å². The summed E-state index contributed by atoms with van der Waals surface area (Å²) < 4.78 is 30.4. The van der Waals surface area contributed by atoms with Gasteiger partial charge in [0.1, 0.15) is 10.6 Å². The van der Waals surface area contributed by atoms with Crippen LogP contribution >= 0.6 is 0 Å². The molecule has 0 bridgehead atoms. The van der Waals surface area contributed by atoms with Gasteiger partial charge >= 0.3 is 5.97 Å². The molecule has 1 aliphatic rings. The minimum absolute atomic E-state index is 0.0673. The maximum atomic E-state index is 12.2. The largest absolute Gasteiger partial charge is 0.478 e. The van der Waals surface area contributed by atoms with Crippen molar-refractivity contribution in [1.82, 2.24) is 0 Å². The molecule has 0 saturated carbocycles. The average molecular weight is 404 g/mol. The van der Waals surface area contributed by atoms with Gasteiger partial charge in [-0.25, -0.2) is 18.4 Å². The van der Waals surface area contributed by atoms with Crippen molar-refractivity contribution >= 4 is 21.7 Å². The van der Waals surface area contributed by atoms with E-state index in [1.54, 1.807) is 12.1 Å². The van der Waals surface area contributed by atoms with Crippen molar-refractivity contribution in [2.45, 2.75) is 37.5 Å². The highest BCUT2D eigenvalue weighted by atomic mass is 32.2. The van der Waals surface area contributed by atoms with Crippen LogP contribution in [0.5, 0.6) is 11.5 Å². The third-order valence-electron chi connectivity index (χ3n) is 4.72. The van der Waals surface area contributed by atoms with Crippen molar-refractivity contribution in [3.63, 3.8) is 0 Å². The lowest BCUT2D eigenvalue weighted by atomic mass is 10.1. The lowest BCUT2D eigenvalue weighted by molar-refractivity contribution is 0.0696. The maximum absolute atomic E-state index is 12.2. The van der Waals surface area contributed by atoms with Crippen LogP contribution < -0.4 is 14.8 Å². The van der Waals surface area contributed by atoms with Gasteiger partial charge in [0.25, 0.3) is 0 Å². The van der Waals surface area contributed by atoms with Crippen molar-refractivity contribution in [2.24, 2.45) is 5.14 Å². The molecule has 1 saturated heterocycles. The van der Waals surface area contributed by atoms with Gasteiger partial charge < -0.3 is 14.7 Å². The summed E-state index contributed by atoms with van der Waals surface area (Å²) in [4.78, 5) is 13.1. The molecule has 0 aromatic heterocycles. The number of carboxylic acids is 1. The normalized spacial score (nSPS) is 14.3. The Labute approximate surface area is 164 Å². The number of hydrogen-bond acceptors (Lipinski definition) is 5. The summed E-state index contributed by atoms with van der Waals surface area (Å²) in [5, 5.41) is 14.8. The Balaban J connectivity index is 2.11. The lowest BCUT2D eigenvalue weighted by Crippen LogP contribution is -2.21. The fourth-order valence-electron chi connectivity index (χ4n) is 3.35. The minimum Gasteiger partial charge on any atom is -0.478 e. The third kappa shape index (κ3) is 4.45. The summed E-state index contributed by atoms with van der Waals surface area (Å²) in [5.41, 5.74) is 1.44. The molecule has 0 atom stereocenters. The van der Waals surface area contributed by atoms with E-state index in [9.17, 15) is 18.3 Å². The van der Waals surface area contributed by atoms with Crippen LogP contribution in [0.3, 0.4) is 0 Å². The van der Waals surface area contributed by atoms with Crippen molar-refractivity contribution in [1.29, 1.82) is 0 Å². The molecule has 28 heavy (non-hydrogen) atoms. The van der Waals surface area contributed by atoms with E-state index in [4.69, 9.17) is 9.88 Å². The second-order valence-corrected chi connectivity index (χ2v) is 8.39. The first-order valence-electron chi connectivity index (χ1n) is 9.25. The van der Waals surface area contributed by atoms with E-state index in [-0.39, 0.29) is 16.2 Å². The Hall–Kier alpha value is -2.58. The molecule has 0 unspecified atom stereocenters. The molecular formula is C20H24N2O5S. The molecule has 1 fully saturated rings. The standard InChI is InChI=1S/C20H24N2O5S/c1-2-5-14-6-8-16(9-7-14)27-19-17(22-10-3-4-11-22)12-15(20(23)24)13-18(19)28(21,25)26/h6-9,12-13H,2-5,10-11H2,1H3,(H,23,24)(H2,21,25,26). The fourth-order valence-corrected chi connectivity index (χ4v) is 4.04. The lowest BCUT2D eigenvalue weighted by Gasteiger charge is -2.23. The van der Waals surface area contributed by atoms with Gasteiger partial charge in [0.2, 0.25) is 10.0 Å². The molecule has 2 aromatic carbocycles. The SMILES string of the molecule is CCCc1ccc(Oc2c(N3CCCC3)cc(C(=O)O)cc2S(N)(=O)=O)cc1. The first-order chi connectivity index (χ1) is 13.3. The molecule has 1 aliphatic heterocycles. The Morgan fingerprint density at radius 3 is 2.36 bits per heavy atom. The fraction of sp³-hybridized carbons (Fsp3) is 0.350. The molecule has 3 rings (SSSR count). The second-order valence-electron chi connectivity index (χ2n) is 6.86. The quantitative estimate of drug-likeness (QED) is 0.732. The smallest absolute Gasteiger partial charge is 0.335 e. The number of nitrogens with zero attached hydrogens (tertiary/aromatic N) is 1. The summed E-state index contributed by atoms with van der Waals surface area (Å²) in [7, 11) is -4.19. The first-order valence-corrected chi connectivity index (χ1v) is 10.8. The van der Waals surface area contributed by atoms with Crippen LogP contribution in [0.25, 0.3) is 0 Å². The monoisotopic (exact) mass is 404 g/mol. The van der Waals surface area contributed by atoms with Crippen LogP contribution in [-0.2, 0) is 16.4 Å². The number of primary sulfonamides is 1. The predicted octanol–water partition coefficient (Wildman–Crippen LogP) is 3.38. The van der Waals surface area contributed by atoms with Gasteiger partial charge in [-0.3, -0.25) is 0 Å². The zero-order valence-electron chi connectivity index (χ0n) is 15.7. The highest BCUT2D eigenvalue weighted by Gasteiger charge is 2.27. The number of aromatic carboxylic acids is 1. The van der Waals surface area contributed by atoms with E-state index in [1.807, 2.05) is 17.0 Å². The number of sulfonamides is 1. The van der Waals surface area contributed by atoms with Crippen molar-refractivity contribution in [2.75, 3.05) is 18.0 Å². The molecule has 1 heterocycles. The molecule has 8 heteroatoms. The van der Waals surface area contributed by atoms with E-state index in [2.05, 4.69) is 6.92 Å². The van der Waals surface area contributed by atoms with E-state index in [0.717, 1.165) is 37.3 Å². The van der Waals surface area contributed by atoms with Gasteiger partial charge in [0.15, 0.2) is 5.75 Å². The number of nitrogens with two attached hydrogens (primary N) is 1. The van der Waals surface area contributed by atoms with Crippen LogP contribution in [0.15, 0.2) is 41.3 Å². The van der Waals surface area contributed by atoms with E-state index >= 15 is 0 Å². The summed E-state index contributed by atoms with van der Waals surface area (Å²) in [6.07, 6.45) is 3.83. The minimum atomic E-state index is -4.19. The second kappa shape index (κ2) is 8.20. The van der Waals surface area contributed by atoms with Crippen molar-refractivity contribution in [3.8, 4) is 11.5 Å². The van der Waals surface area contributed by atoms with E-state index in [1.165, 1.54) is 6.07 Å². The zero-order valence-corrected chi connectivity index (χ0v) is 16.5. The van der Waals surface area contributed by atoms with Crippen LogP contribution in [0.2, 0.25) is 0 Å².